The Hall–Kier alpha value is -0.120. The highest BCUT2D eigenvalue weighted by Gasteiger charge is 2.23. The van der Waals surface area contributed by atoms with Gasteiger partial charge in [0.25, 0.3) is 0 Å². The summed E-state index contributed by atoms with van der Waals surface area (Å²) < 4.78 is 5.32. The molecule has 1 N–H and O–H groups in total. The van der Waals surface area contributed by atoms with E-state index in [1.54, 1.807) is 0 Å². The van der Waals surface area contributed by atoms with Gasteiger partial charge in [0, 0.05) is 32.8 Å². The average molecular weight is 185 g/mol. The Labute approximate surface area is 79.7 Å². The molecule has 2 heterocycles. The number of rotatable bonds is 2. The van der Waals surface area contributed by atoms with Crippen molar-refractivity contribution in [2.24, 2.45) is 5.92 Å². The molecule has 3 nitrogen and oxygen atoms in total. The first kappa shape index (κ1) is 9.44. The average Bonchev–Trinajstić information content (AvgIpc) is 2.53. The molecule has 2 fully saturated rings. The number of β-amino-alcohol motifs (C(OH)–C–C–N with tert-alkyl or cyclic N) is 1. The highest BCUT2D eigenvalue weighted by Crippen LogP contribution is 2.18. The number of hydrogen-bond acceptors (Lipinski definition) is 3. The van der Waals surface area contributed by atoms with Crippen LogP contribution in [0.5, 0.6) is 0 Å². The third-order valence-electron chi connectivity index (χ3n) is 3.10. The van der Waals surface area contributed by atoms with E-state index in [-0.39, 0.29) is 6.10 Å². The van der Waals surface area contributed by atoms with Crippen molar-refractivity contribution in [1.82, 2.24) is 4.90 Å². The van der Waals surface area contributed by atoms with E-state index in [1.165, 1.54) is 19.4 Å². The number of likely N-dealkylation sites (tertiary alicyclic amines) is 1. The van der Waals surface area contributed by atoms with Crippen LogP contribution in [0, 0.1) is 5.92 Å². The van der Waals surface area contributed by atoms with Crippen LogP contribution in [-0.4, -0.2) is 49.0 Å². The summed E-state index contributed by atoms with van der Waals surface area (Å²) in [5.41, 5.74) is 0. The normalized spacial score (nSPS) is 32.5. The summed E-state index contributed by atoms with van der Waals surface area (Å²) in [4.78, 5) is 2.39. The minimum atomic E-state index is -0.0696. The van der Waals surface area contributed by atoms with Gasteiger partial charge >= 0.3 is 0 Å². The molecule has 2 saturated heterocycles. The lowest BCUT2D eigenvalue weighted by molar-refractivity contribution is 0.0538. The fourth-order valence-electron chi connectivity index (χ4n) is 2.27. The van der Waals surface area contributed by atoms with E-state index in [0.29, 0.717) is 0 Å². The van der Waals surface area contributed by atoms with Crippen LogP contribution in [0.2, 0.25) is 0 Å². The maximum Gasteiger partial charge on any atom is 0.0679 e. The van der Waals surface area contributed by atoms with Gasteiger partial charge in [0.05, 0.1) is 6.10 Å². The fraction of sp³-hybridized carbons (Fsp3) is 1.00. The molecule has 1 atom stereocenters. The lowest BCUT2D eigenvalue weighted by Crippen LogP contribution is -2.31. The highest BCUT2D eigenvalue weighted by molar-refractivity contribution is 4.77. The number of aliphatic hydroxyl groups excluding tert-OH is 1. The van der Waals surface area contributed by atoms with Crippen LogP contribution >= 0.6 is 0 Å². The van der Waals surface area contributed by atoms with Gasteiger partial charge in [0.2, 0.25) is 0 Å². The van der Waals surface area contributed by atoms with Crippen LogP contribution in [0.3, 0.4) is 0 Å². The molecule has 0 spiro atoms. The molecule has 0 aromatic carbocycles. The molecule has 2 rings (SSSR count). The molecule has 2 aliphatic rings. The molecule has 0 aromatic rings. The fourth-order valence-corrected chi connectivity index (χ4v) is 2.27. The quantitative estimate of drug-likeness (QED) is 0.679. The maximum atomic E-state index is 9.36. The topological polar surface area (TPSA) is 32.7 Å². The van der Waals surface area contributed by atoms with E-state index < -0.39 is 0 Å². The zero-order valence-electron chi connectivity index (χ0n) is 8.11. The Bertz CT molecular complexity index is 154. The van der Waals surface area contributed by atoms with Gasteiger partial charge in [-0.2, -0.15) is 0 Å². The zero-order valence-corrected chi connectivity index (χ0v) is 8.11. The number of hydrogen-bond donors (Lipinski definition) is 1. The van der Waals surface area contributed by atoms with Crippen molar-refractivity contribution >= 4 is 0 Å². The van der Waals surface area contributed by atoms with Crippen LogP contribution in [0.4, 0.5) is 0 Å². The Morgan fingerprint density at radius 3 is 2.62 bits per heavy atom. The molecule has 13 heavy (non-hydrogen) atoms. The molecule has 0 aromatic heterocycles. The summed E-state index contributed by atoms with van der Waals surface area (Å²) in [5.74, 6) is 0.805. The summed E-state index contributed by atoms with van der Waals surface area (Å²) in [7, 11) is 0. The Morgan fingerprint density at radius 2 is 2.00 bits per heavy atom. The van der Waals surface area contributed by atoms with Gasteiger partial charge in [-0.25, -0.2) is 0 Å². The molecular formula is C10H19NO2. The number of nitrogens with zero attached hydrogens (tertiary/aromatic N) is 1. The second kappa shape index (κ2) is 4.40. The van der Waals surface area contributed by atoms with Gasteiger partial charge in [-0.05, 0) is 25.2 Å². The molecule has 3 heteroatoms. The van der Waals surface area contributed by atoms with Gasteiger partial charge in [0.1, 0.15) is 0 Å². The van der Waals surface area contributed by atoms with Crippen LogP contribution in [0.1, 0.15) is 19.3 Å². The first-order chi connectivity index (χ1) is 6.34. The molecule has 0 saturated carbocycles. The molecule has 2 aliphatic heterocycles. The predicted molar refractivity (Wildman–Crippen MR) is 50.6 cm³/mol. The summed E-state index contributed by atoms with van der Waals surface area (Å²) >= 11 is 0. The van der Waals surface area contributed by atoms with Crippen molar-refractivity contribution in [3.63, 3.8) is 0 Å². The molecule has 0 unspecified atom stereocenters. The zero-order chi connectivity index (χ0) is 9.10. The van der Waals surface area contributed by atoms with Crippen molar-refractivity contribution in [3.05, 3.63) is 0 Å². The van der Waals surface area contributed by atoms with Crippen molar-refractivity contribution in [2.75, 3.05) is 32.8 Å². The molecule has 0 aliphatic carbocycles. The van der Waals surface area contributed by atoms with Crippen molar-refractivity contribution < 1.29 is 9.84 Å². The number of aliphatic hydroxyl groups is 1. The van der Waals surface area contributed by atoms with E-state index in [4.69, 9.17) is 4.74 Å². The Kier molecular flexibility index (Phi) is 3.19. The Morgan fingerprint density at radius 1 is 1.23 bits per heavy atom. The van der Waals surface area contributed by atoms with E-state index in [9.17, 15) is 5.11 Å². The summed E-state index contributed by atoms with van der Waals surface area (Å²) in [6, 6.07) is 0. The van der Waals surface area contributed by atoms with Crippen LogP contribution in [0.25, 0.3) is 0 Å². The van der Waals surface area contributed by atoms with Gasteiger partial charge in [-0.1, -0.05) is 0 Å². The minimum absolute atomic E-state index is 0.0696. The summed E-state index contributed by atoms with van der Waals surface area (Å²) in [5, 5.41) is 9.36. The standard InChI is InChI=1S/C10H19NO2/c12-10-1-4-11(8-10)7-9-2-5-13-6-3-9/h9-10,12H,1-8H2/t10-/m1/s1. The van der Waals surface area contributed by atoms with Crippen LogP contribution < -0.4 is 0 Å². The molecular weight excluding hydrogens is 166 g/mol. The van der Waals surface area contributed by atoms with E-state index in [0.717, 1.165) is 38.6 Å². The minimum Gasteiger partial charge on any atom is -0.392 e. The van der Waals surface area contributed by atoms with Gasteiger partial charge in [-0.15, -0.1) is 0 Å². The third-order valence-corrected chi connectivity index (χ3v) is 3.10. The summed E-state index contributed by atoms with van der Waals surface area (Å²) in [6.07, 6.45) is 3.29. The Balaban J connectivity index is 1.71. The second-order valence-electron chi connectivity index (χ2n) is 4.26. The largest absolute Gasteiger partial charge is 0.392 e. The van der Waals surface area contributed by atoms with Crippen LogP contribution in [-0.2, 0) is 4.74 Å². The van der Waals surface area contributed by atoms with Gasteiger partial charge < -0.3 is 14.7 Å². The SMILES string of the molecule is O[C@@H]1CCN(CC2CCOCC2)C1. The predicted octanol–water partition coefficient (Wildman–Crippen LogP) is 0.480. The van der Waals surface area contributed by atoms with E-state index in [2.05, 4.69) is 4.90 Å². The highest BCUT2D eigenvalue weighted by atomic mass is 16.5. The molecule has 0 amide bonds. The second-order valence-corrected chi connectivity index (χ2v) is 4.26. The lowest BCUT2D eigenvalue weighted by atomic mass is 10.00. The van der Waals surface area contributed by atoms with E-state index in [1.807, 2.05) is 0 Å². The molecule has 0 radical (unpaired) electrons. The van der Waals surface area contributed by atoms with Crippen molar-refractivity contribution in [1.29, 1.82) is 0 Å². The molecule has 76 valence electrons. The third kappa shape index (κ3) is 2.66. The van der Waals surface area contributed by atoms with Gasteiger partial charge in [0.15, 0.2) is 0 Å². The van der Waals surface area contributed by atoms with Crippen molar-refractivity contribution in [2.45, 2.75) is 25.4 Å². The first-order valence-corrected chi connectivity index (χ1v) is 5.33. The smallest absolute Gasteiger partial charge is 0.0679 e. The maximum absolute atomic E-state index is 9.36. The summed E-state index contributed by atoms with van der Waals surface area (Å²) in [6.45, 7) is 5.00. The van der Waals surface area contributed by atoms with Gasteiger partial charge in [-0.3, -0.25) is 0 Å². The lowest BCUT2D eigenvalue weighted by Gasteiger charge is -2.26. The monoisotopic (exact) mass is 185 g/mol. The first-order valence-electron chi connectivity index (χ1n) is 5.33. The van der Waals surface area contributed by atoms with E-state index >= 15 is 0 Å². The van der Waals surface area contributed by atoms with Crippen LogP contribution in [0.15, 0.2) is 0 Å². The van der Waals surface area contributed by atoms with Crippen molar-refractivity contribution in [3.8, 4) is 0 Å². The number of ether oxygens (including phenoxy) is 1. The molecule has 0 bridgehead atoms.